The van der Waals surface area contributed by atoms with Crippen molar-refractivity contribution in [2.45, 2.75) is 38.8 Å². The molecule has 6 heteroatoms. The number of aliphatic carboxylic acids is 1. The van der Waals surface area contributed by atoms with E-state index in [1.165, 1.54) is 6.92 Å². The summed E-state index contributed by atoms with van der Waals surface area (Å²) in [4.78, 5) is 35.8. The Balaban J connectivity index is 2.11. The van der Waals surface area contributed by atoms with Crippen LogP contribution in [0, 0.1) is 6.92 Å². The molecule has 2 aromatic rings. The highest BCUT2D eigenvalue weighted by molar-refractivity contribution is 5.90. The van der Waals surface area contributed by atoms with E-state index >= 15 is 0 Å². The lowest BCUT2D eigenvalue weighted by Gasteiger charge is -2.21. The Morgan fingerprint density at radius 3 is 2.11 bits per heavy atom. The Kier molecular flexibility index (Phi) is 7.11. The molecule has 2 aromatic carbocycles. The van der Waals surface area contributed by atoms with E-state index in [4.69, 9.17) is 0 Å². The number of nitrogens with one attached hydrogen (secondary N) is 2. The first kappa shape index (κ1) is 20.2. The Hall–Kier alpha value is -3.15. The van der Waals surface area contributed by atoms with Crippen LogP contribution in [0.4, 0.5) is 0 Å². The van der Waals surface area contributed by atoms with Crippen LogP contribution in [0.1, 0.15) is 23.6 Å². The Labute approximate surface area is 158 Å². The van der Waals surface area contributed by atoms with Gasteiger partial charge in [-0.25, -0.2) is 4.79 Å². The Bertz CT molecular complexity index is 805. The quantitative estimate of drug-likeness (QED) is 0.663. The van der Waals surface area contributed by atoms with Gasteiger partial charge in [-0.15, -0.1) is 0 Å². The van der Waals surface area contributed by atoms with E-state index in [0.29, 0.717) is 0 Å². The van der Waals surface area contributed by atoms with Crippen LogP contribution in [0.15, 0.2) is 54.6 Å². The molecule has 3 N–H and O–H groups in total. The standard InChI is InChI=1S/C21H24N2O4/c1-14-7-6-10-17(11-14)13-19(21(26)27)23-20(25)18(22-15(2)24)12-16-8-4-3-5-9-16/h3-11,18-19H,12-13H2,1-2H3,(H,22,24)(H,23,25)(H,26,27)/t18-,19-/m1/s1. The van der Waals surface area contributed by atoms with Crippen molar-refractivity contribution in [2.24, 2.45) is 0 Å². The predicted molar refractivity (Wildman–Crippen MR) is 102 cm³/mol. The van der Waals surface area contributed by atoms with Crippen molar-refractivity contribution < 1.29 is 19.5 Å². The fraction of sp³-hybridized carbons (Fsp3) is 0.286. The molecule has 6 nitrogen and oxygen atoms in total. The summed E-state index contributed by atoms with van der Waals surface area (Å²) in [6, 6.07) is 14.8. The Morgan fingerprint density at radius 1 is 0.889 bits per heavy atom. The summed E-state index contributed by atoms with van der Waals surface area (Å²) in [5, 5.41) is 14.7. The monoisotopic (exact) mass is 368 g/mol. The first-order valence-electron chi connectivity index (χ1n) is 8.75. The highest BCUT2D eigenvalue weighted by atomic mass is 16.4. The summed E-state index contributed by atoms with van der Waals surface area (Å²) in [6.07, 6.45) is 0.448. The molecular formula is C21H24N2O4. The fourth-order valence-electron chi connectivity index (χ4n) is 2.85. The average molecular weight is 368 g/mol. The topological polar surface area (TPSA) is 95.5 Å². The van der Waals surface area contributed by atoms with Crippen molar-refractivity contribution >= 4 is 17.8 Å². The molecule has 0 heterocycles. The molecule has 0 spiro atoms. The number of amides is 2. The molecule has 0 bridgehead atoms. The van der Waals surface area contributed by atoms with Gasteiger partial charge in [0.15, 0.2) is 0 Å². The van der Waals surface area contributed by atoms with Gasteiger partial charge in [0.05, 0.1) is 0 Å². The third kappa shape index (κ3) is 6.58. The largest absolute Gasteiger partial charge is 0.480 e. The van der Waals surface area contributed by atoms with Gasteiger partial charge in [0.1, 0.15) is 12.1 Å². The van der Waals surface area contributed by atoms with Gasteiger partial charge in [-0.05, 0) is 18.1 Å². The second kappa shape index (κ2) is 9.52. The van der Waals surface area contributed by atoms with E-state index < -0.39 is 24.0 Å². The third-order valence-corrected chi connectivity index (χ3v) is 4.11. The minimum atomic E-state index is -1.12. The summed E-state index contributed by atoms with van der Waals surface area (Å²) >= 11 is 0. The fourth-order valence-corrected chi connectivity index (χ4v) is 2.85. The molecule has 0 aliphatic heterocycles. The number of benzene rings is 2. The summed E-state index contributed by atoms with van der Waals surface area (Å²) < 4.78 is 0. The molecule has 0 aromatic heterocycles. The van der Waals surface area contributed by atoms with Crippen LogP contribution in [-0.4, -0.2) is 35.0 Å². The SMILES string of the molecule is CC(=O)N[C@H](Cc1ccccc1)C(=O)N[C@H](Cc1cccc(C)c1)C(=O)O. The van der Waals surface area contributed by atoms with Crippen molar-refractivity contribution in [3.63, 3.8) is 0 Å². The molecule has 2 rings (SSSR count). The number of hydrogen-bond acceptors (Lipinski definition) is 3. The number of carbonyl (C=O) groups is 3. The van der Waals surface area contributed by atoms with Crippen molar-refractivity contribution in [1.29, 1.82) is 0 Å². The molecule has 0 fully saturated rings. The molecule has 0 saturated heterocycles. The second-order valence-electron chi connectivity index (χ2n) is 6.54. The summed E-state index contributed by atoms with van der Waals surface area (Å²) in [6.45, 7) is 3.25. The molecule has 0 unspecified atom stereocenters. The van der Waals surface area contributed by atoms with Gasteiger partial charge in [0.2, 0.25) is 11.8 Å². The number of carbonyl (C=O) groups excluding carboxylic acids is 2. The lowest BCUT2D eigenvalue weighted by atomic mass is 10.0. The van der Waals surface area contributed by atoms with E-state index in [1.54, 1.807) is 0 Å². The smallest absolute Gasteiger partial charge is 0.326 e. The number of rotatable bonds is 8. The molecule has 2 amide bonds. The van der Waals surface area contributed by atoms with Crippen LogP contribution in [0.25, 0.3) is 0 Å². The van der Waals surface area contributed by atoms with Gasteiger partial charge in [0, 0.05) is 19.8 Å². The van der Waals surface area contributed by atoms with E-state index in [0.717, 1.165) is 16.7 Å². The number of aryl methyl sites for hydroxylation is 1. The zero-order valence-electron chi connectivity index (χ0n) is 15.4. The van der Waals surface area contributed by atoms with Crippen LogP contribution in [0.2, 0.25) is 0 Å². The van der Waals surface area contributed by atoms with E-state index in [9.17, 15) is 19.5 Å². The highest BCUT2D eigenvalue weighted by Crippen LogP contribution is 2.09. The zero-order valence-corrected chi connectivity index (χ0v) is 15.4. The maximum absolute atomic E-state index is 12.7. The van der Waals surface area contributed by atoms with E-state index in [2.05, 4.69) is 10.6 Å². The van der Waals surface area contributed by atoms with Crippen LogP contribution >= 0.6 is 0 Å². The lowest BCUT2D eigenvalue weighted by Crippen LogP contribution is -2.52. The van der Waals surface area contributed by atoms with Crippen LogP contribution in [0.5, 0.6) is 0 Å². The van der Waals surface area contributed by atoms with Gasteiger partial charge >= 0.3 is 5.97 Å². The van der Waals surface area contributed by atoms with E-state index in [1.807, 2.05) is 61.5 Å². The summed E-state index contributed by atoms with van der Waals surface area (Å²) in [7, 11) is 0. The van der Waals surface area contributed by atoms with Crippen molar-refractivity contribution in [3.05, 3.63) is 71.3 Å². The van der Waals surface area contributed by atoms with Gasteiger partial charge in [-0.1, -0.05) is 60.2 Å². The number of hydrogen-bond donors (Lipinski definition) is 3. The Morgan fingerprint density at radius 2 is 1.52 bits per heavy atom. The van der Waals surface area contributed by atoms with Crippen LogP contribution < -0.4 is 10.6 Å². The minimum absolute atomic E-state index is 0.168. The van der Waals surface area contributed by atoms with Gasteiger partial charge in [-0.3, -0.25) is 9.59 Å². The average Bonchev–Trinajstić information content (AvgIpc) is 2.61. The summed E-state index contributed by atoms with van der Waals surface area (Å²) in [5.41, 5.74) is 2.71. The van der Waals surface area contributed by atoms with Crippen molar-refractivity contribution in [1.82, 2.24) is 10.6 Å². The molecule has 0 radical (unpaired) electrons. The van der Waals surface area contributed by atoms with Gasteiger partial charge in [-0.2, -0.15) is 0 Å². The minimum Gasteiger partial charge on any atom is -0.480 e. The van der Waals surface area contributed by atoms with Crippen LogP contribution in [-0.2, 0) is 27.2 Å². The first-order valence-corrected chi connectivity index (χ1v) is 8.75. The van der Waals surface area contributed by atoms with Gasteiger partial charge < -0.3 is 15.7 Å². The maximum atomic E-state index is 12.7. The maximum Gasteiger partial charge on any atom is 0.326 e. The lowest BCUT2D eigenvalue weighted by molar-refractivity contribution is -0.142. The molecule has 2 atom stereocenters. The predicted octanol–water partition coefficient (Wildman–Crippen LogP) is 1.85. The van der Waals surface area contributed by atoms with Gasteiger partial charge in [0.25, 0.3) is 0 Å². The molecular weight excluding hydrogens is 344 g/mol. The number of carboxylic acids is 1. The molecule has 142 valence electrons. The van der Waals surface area contributed by atoms with Crippen molar-refractivity contribution in [3.8, 4) is 0 Å². The normalized spacial score (nSPS) is 12.7. The molecule has 0 saturated carbocycles. The summed E-state index contributed by atoms with van der Waals surface area (Å²) in [5.74, 6) is -1.99. The first-order chi connectivity index (χ1) is 12.8. The molecule has 0 aliphatic carbocycles. The molecule has 0 aliphatic rings. The van der Waals surface area contributed by atoms with Crippen LogP contribution in [0.3, 0.4) is 0 Å². The third-order valence-electron chi connectivity index (χ3n) is 4.11. The van der Waals surface area contributed by atoms with E-state index in [-0.39, 0.29) is 18.7 Å². The molecule has 27 heavy (non-hydrogen) atoms. The zero-order chi connectivity index (χ0) is 19.8. The number of carboxylic acid groups (broad SMARTS) is 1. The highest BCUT2D eigenvalue weighted by Gasteiger charge is 2.26. The second-order valence-corrected chi connectivity index (χ2v) is 6.54. The van der Waals surface area contributed by atoms with Crippen molar-refractivity contribution in [2.75, 3.05) is 0 Å².